The highest BCUT2D eigenvalue weighted by atomic mass is 15.3. The van der Waals surface area contributed by atoms with Crippen molar-refractivity contribution in [3.63, 3.8) is 0 Å². The van der Waals surface area contributed by atoms with Gasteiger partial charge in [0, 0.05) is 6.04 Å². The Morgan fingerprint density at radius 2 is 2.15 bits per heavy atom. The summed E-state index contributed by atoms with van der Waals surface area (Å²) in [5.41, 5.74) is 0. The van der Waals surface area contributed by atoms with Crippen LogP contribution in [0.1, 0.15) is 39.5 Å². The molecule has 0 aromatic heterocycles. The molecule has 0 bridgehead atoms. The average molecular weight is 182 g/mol. The van der Waals surface area contributed by atoms with E-state index in [-0.39, 0.29) is 0 Å². The molecule has 76 valence electrons. The lowest BCUT2D eigenvalue weighted by molar-refractivity contribution is 0.0127. The van der Waals surface area contributed by atoms with E-state index >= 15 is 0 Å². The summed E-state index contributed by atoms with van der Waals surface area (Å²) in [5, 5.41) is 3.68. The van der Waals surface area contributed by atoms with Crippen LogP contribution in [0.15, 0.2) is 0 Å². The van der Waals surface area contributed by atoms with Crippen molar-refractivity contribution in [2.45, 2.75) is 51.7 Å². The summed E-state index contributed by atoms with van der Waals surface area (Å²) in [5.74, 6) is 0.935. The molecular weight excluding hydrogens is 160 g/mol. The van der Waals surface area contributed by atoms with E-state index in [1.54, 1.807) is 0 Å². The van der Waals surface area contributed by atoms with Crippen LogP contribution in [0.2, 0.25) is 0 Å². The highest BCUT2D eigenvalue weighted by Gasteiger charge is 2.35. The molecule has 0 aromatic rings. The third-order valence-corrected chi connectivity index (χ3v) is 3.80. The summed E-state index contributed by atoms with van der Waals surface area (Å²) in [4.78, 5) is 2.65. The number of hydrogen-bond acceptors (Lipinski definition) is 2. The summed E-state index contributed by atoms with van der Waals surface area (Å²) in [6.45, 7) is 7.09. The molecule has 3 atom stereocenters. The number of nitrogens with one attached hydrogen (secondary N) is 1. The summed E-state index contributed by atoms with van der Waals surface area (Å²) < 4.78 is 0. The van der Waals surface area contributed by atoms with E-state index in [1.165, 1.54) is 38.8 Å². The van der Waals surface area contributed by atoms with E-state index in [2.05, 4.69) is 24.1 Å². The number of hydrogen-bond donors (Lipinski definition) is 1. The third kappa shape index (κ3) is 1.75. The Morgan fingerprint density at radius 1 is 1.31 bits per heavy atom. The first-order chi connectivity index (χ1) is 6.33. The van der Waals surface area contributed by atoms with Gasteiger partial charge in [0.2, 0.25) is 0 Å². The fraction of sp³-hybridized carbons (Fsp3) is 1.00. The maximum absolute atomic E-state index is 3.68. The van der Waals surface area contributed by atoms with Crippen LogP contribution in [-0.4, -0.2) is 30.2 Å². The summed E-state index contributed by atoms with van der Waals surface area (Å²) in [6.07, 6.45) is 6.36. The molecule has 3 unspecified atom stereocenters. The second kappa shape index (κ2) is 3.97. The zero-order valence-electron chi connectivity index (χ0n) is 8.92. The van der Waals surface area contributed by atoms with Crippen LogP contribution in [0.25, 0.3) is 0 Å². The van der Waals surface area contributed by atoms with Crippen LogP contribution in [0, 0.1) is 5.92 Å². The Hall–Kier alpha value is -0.0800. The van der Waals surface area contributed by atoms with Gasteiger partial charge in [-0.05, 0) is 51.6 Å². The molecule has 2 aliphatic rings. The van der Waals surface area contributed by atoms with Gasteiger partial charge in [-0.3, -0.25) is 4.90 Å². The van der Waals surface area contributed by atoms with E-state index in [1.807, 2.05) is 0 Å². The van der Waals surface area contributed by atoms with Crippen molar-refractivity contribution in [3.05, 3.63) is 0 Å². The monoisotopic (exact) mass is 182 g/mol. The SMILES string of the molecule is CCN1C(C)CCC2CCCNC21. The molecule has 2 heterocycles. The summed E-state index contributed by atoms with van der Waals surface area (Å²) >= 11 is 0. The van der Waals surface area contributed by atoms with Gasteiger partial charge < -0.3 is 5.32 Å². The first kappa shape index (κ1) is 9.47. The molecule has 0 aliphatic carbocycles. The van der Waals surface area contributed by atoms with Crippen LogP contribution < -0.4 is 5.32 Å². The fourth-order valence-corrected chi connectivity index (χ4v) is 3.03. The molecule has 13 heavy (non-hydrogen) atoms. The van der Waals surface area contributed by atoms with Gasteiger partial charge in [-0.25, -0.2) is 0 Å². The Labute approximate surface area is 81.7 Å². The van der Waals surface area contributed by atoms with E-state index < -0.39 is 0 Å². The normalized spacial score (nSPS) is 41.5. The topological polar surface area (TPSA) is 15.3 Å². The van der Waals surface area contributed by atoms with Crippen LogP contribution in [-0.2, 0) is 0 Å². The lowest BCUT2D eigenvalue weighted by atomic mass is 9.84. The highest BCUT2D eigenvalue weighted by molar-refractivity contribution is 4.88. The first-order valence-electron chi connectivity index (χ1n) is 5.82. The molecule has 0 saturated carbocycles. The Morgan fingerprint density at radius 3 is 2.92 bits per heavy atom. The van der Waals surface area contributed by atoms with Crippen molar-refractivity contribution in [1.82, 2.24) is 10.2 Å². The lowest BCUT2D eigenvalue weighted by Gasteiger charge is -2.47. The van der Waals surface area contributed by atoms with Crippen molar-refractivity contribution in [2.24, 2.45) is 5.92 Å². The Kier molecular flexibility index (Phi) is 2.89. The van der Waals surface area contributed by atoms with Gasteiger partial charge in [-0.1, -0.05) is 6.92 Å². The minimum absolute atomic E-state index is 0.697. The van der Waals surface area contributed by atoms with Gasteiger partial charge in [-0.15, -0.1) is 0 Å². The lowest BCUT2D eigenvalue weighted by Crippen LogP contribution is -2.58. The van der Waals surface area contributed by atoms with E-state index in [0.717, 1.165) is 12.0 Å². The minimum atomic E-state index is 0.697. The number of fused-ring (bicyclic) bond motifs is 1. The molecule has 2 heteroatoms. The number of nitrogens with zero attached hydrogens (tertiary/aromatic N) is 1. The molecule has 0 aromatic carbocycles. The smallest absolute Gasteiger partial charge is 0.0628 e. The van der Waals surface area contributed by atoms with Crippen molar-refractivity contribution >= 4 is 0 Å². The molecule has 2 rings (SSSR count). The molecule has 2 saturated heterocycles. The van der Waals surface area contributed by atoms with Gasteiger partial charge in [0.15, 0.2) is 0 Å². The highest BCUT2D eigenvalue weighted by Crippen LogP contribution is 2.31. The van der Waals surface area contributed by atoms with E-state index in [9.17, 15) is 0 Å². The quantitative estimate of drug-likeness (QED) is 0.665. The molecule has 1 N–H and O–H groups in total. The summed E-state index contributed by atoms with van der Waals surface area (Å²) in [7, 11) is 0. The van der Waals surface area contributed by atoms with Crippen LogP contribution in [0.3, 0.4) is 0 Å². The predicted molar refractivity (Wildman–Crippen MR) is 55.6 cm³/mol. The van der Waals surface area contributed by atoms with E-state index in [4.69, 9.17) is 0 Å². The van der Waals surface area contributed by atoms with Gasteiger partial charge in [0.05, 0.1) is 6.17 Å². The minimum Gasteiger partial charge on any atom is -0.301 e. The first-order valence-corrected chi connectivity index (χ1v) is 5.82. The average Bonchev–Trinajstić information content (AvgIpc) is 2.18. The van der Waals surface area contributed by atoms with Gasteiger partial charge in [0.25, 0.3) is 0 Å². The molecule has 2 nitrogen and oxygen atoms in total. The molecule has 2 fully saturated rings. The van der Waals surface area contributed by atoms with Gasteiger partial charge in [-0.2, -0.15) is 0 Å². The molecule has 2 aliphatic heterocycles. The fourth-order valence-electron chi connectivity index (χ4n) is 3.03. The number of piperidine rings is 2. The van der Waals surface area contributed by atoms with Crippen molar-refractivity contribution in [1.29, 1.82) is 0 Å². The largest absolute Gasteiger partial charge is 0.301 e. The van der Waals surface area contributed by atoms with Crippen molar-refractivity contribution in [3.8, 4) is 0 Å². The maximum Gasteiger partial charge on any atom is 0.0628 e. The molecular formula is C11H22N2. The zero-order chi connectivity index (χ0) is 9.26. The number of rotatable bonds is 1. The third-order valence-electron chi connectivity index (χ3n) is 3.80. The van der Waals surface area contributed by atoms with E-state index in [0.29, 0.717) is 6.17 Å². The second-order valence-corrected chi connectivity index (χ2v) is 4.56. The summed E-state index contributed by atoms with van der Waals surface area (Å²) in [6, 6.07) is 0.789. The number of likely N-dealkylation sites (tertiary alicyclic amines) is 1. The molecule has 0 spiro atoms. The second-order valence-electron chi connectivity index (χ2n) is 4.56. The van der Waals surface area contributed by atoms with Gasteiger partial charge in [0.1, 0.15) is 0 Å². The molecule has 0 radical (unpaired) electrons. The van der Waals surface area contributed by atoms with Crippen molar-refractivity contribution < 1.29 is 0 Å². The van der Waals surface area contributed by atoms with Gasteiger partial charge >= 0.3 is 0 Å². The standard InChI is InChI=1S/C11H22N2/c1-3-13-9(2)6-7-10-5-4-8-12-11(10)13/h9-12H,3-8H2,1-2H3. The molecule has 0 amide bonds. The van der Waals surface area contributed by atoms with Crippen molar-refractivity contribution in [2.75, 3.05) is 13.1 Å². The maximum atomic E-state index is 3.68. The van der Waals surface area contributed by atoms with Crippen LogP contribution >= 0.6 is 0 Å². The Balaban J connectivity index is 2.04. The van der Waals surface area contributed by atoms with Crippen LogP contribution in [0.5, 0.6) is 0 Å². The van der Waals surface area contributed by atoms with Crippen LogP contribution in [0.4, 0.5) is 0 Å². The zero-order valence-corrected chi connectivity index (χ0v) is 8.92. The predicted octanol–water partition coefficient (Wildman–Crippen LogP) is 1.82. The Bertz CT molecular complexity index is 169.